The van der Waals surface area contributed by atoms with E-state index < -0.39 is 0 Å². The Hall–Kier alpha value is -0.0200. The van der Waals surface area contributed by atoms with Crippen LogP contribution < -0.4 is 0 Å². The van der Waals surface area contributed by atoms with Crippen LogP contribution in [-0.4, -0.2) is 68.0 Å². The molecule has 0 aromatic heterocycles. The fourth-order valence-electron chi connectivity index (χ4n) is 4.51. The molecule has 2 atom stereocenters. The normalized spacial score (nSPS) is 33.5. The molecule has 0 aromatic rings. The Morgan fingerprint density at radius 3 is 1.96 bits per heavy atom. The molecule has 3 aliphatic rings. The molecule has 2 saturated heterocycles. The van der Waals surface area contributed by atoms with E-state index in [1.165, 1.54) is 18.7 Å². The minimum absolute atomic E-state index is 0.182. The van der Waals surface area contributed by atoms with Crippen molar-refractivity contribution in [2.24, 2.45) is 4.99 Å². The van der Waals surface area contributed by atoms with Crippen molar-refractivity contribution in [2.45, 2.75) is 90.6 Å². The van der Waals surface area contributed by atoms with Gasteiger partial charge in [0.2, 0.25) is 0 Å². The van der Waals surface area contributed by atoms with Gasteiger partial charge in [0.05, 0.1) is 20.0 Å². The molecular formula is C19H37N4P. The van der Waals surface area contributed by atoms with Crippen LogP contribution in [0.15, 0.2) is 4.99 Å². The van der Waals surface area contributed by atoms with Crippen molar-refractivity contribution < 1.29 is 0 Å². The zero-order valence-corrected chi connectivity index (χ0v) is 18.2. The van der Waals surface area contributed by atoms with E-state index in [2.05, 4.69) is 76.6 Å². The van der Waals surface area contributed by atoms with Gasteiger partial charge in [0.1, 0.15) is 0 Å². The number of nitrogens with zero attached hydrogens (tertiary/aromatic N) is 4. The number of likely N-dealkylation sites (tertiary alicyclic amines) is 1. The molecule has 0 saturated carbocycles. The molecule has 0 radical (unpaired) electrons. The monoisotopic (exact) mass is 352 g/mol. The summed E-state index contributed by atoms with van der Waals surface area (Å²) in [4.78, 5) is 7.79. The summed E-state index contributed by atoms with van der Waals surface area (Å²) >= 11 is 0. The first-order chi connectivity index (χ1) is 10.8. The van der Waals surface area contributed by atoms with Crippen molar-refractivity contribution in [3.8, 4) is 0 Å². The number of hydrogen-bond acceptors (Lipinski definition) is 4. The summed E-state index contributed by atoms with van der Waals surface area (Å²) in [6, 6.07) is 0. The largest absolute Gasteiger partial charge is 0.291 e. The first-order valence-corrected chi connectivity index (χ1v) is 10.7. The Morgan fingerprint density at radius 1 is 0.875 bits per heavy atom. The van der Waals surface area contributed by atoms with E-state index in [4.69, 9.17) is 4.99 Å². The molecule has 3 aliphatic heterocycles. The third kappa shape index (κ3) is 2.88. The molecule has 0 aliphatic carbocycles. The van der Waals surface area contributed by atoms with Gasteiger partial charge in [0.25, 0.3) is 0 Å². The molecule has 24 heavy (non-hydrogen) atoms. The van der Waals surface area contributed by atoms with E-state index in [-0.39, 0.29) is 30.1 Å². The summed E-state index contributed by atoms with van der Waals surface area (Å²) in [7, 11) is -0.353. The summed E-state index contributed by atoms with van der Waals surface area (Å²) in [5.74, 6) is 0. The van der Waals surface area contributed by atoms with Crippen molar-refractivity contribution in [3.63, 3.8) is 0 Å². The van der Waals surface area contributed by atoms with Crippen molar-refractivity contribution in [1.82, 2.24) is 14.2 Å². The molecule has 2 unspecified atom stereocenters. The van der Waals surface area contributed by atoms with Gasteiger partial charge < -0.3 is 0 Å². The Bertz CT molecular complexity index is 537. The minimum atomic E-state index is -0.353. The maximum absolute atomic E-state index is 5.00. The summed E-state index contributed by atoms with van der Waals surface area (Å²) in [6.07, 6.45) is 1.18. The van der Waals surface area contributed by atoms with Gasteiger partial charge in [-0.15, -0.1) is 0 Å². The zero-order valence-electron chi connectivity index (χ0n) is 17.3. The molecule has 0 N–H and O–H groups in total. The fourth-order valence-corrected chi connectivity index (χ4v) is 8.39. The van der Waals surface area contributed by atoms with Gasteiger partial charge in [-0.2, -0.15) is 0 Å². The second-order valence-corrected chi connectivity index (χ2v) is 13.1. The van der Waals surface area contributed by atoms with Crippen molar-refractivity contribution >= 4 is 13.9 Å². The molecule has 0 aromatic carbocycles. The standard InChI is InChI=1S/C19H37N4P/c1-16(2,3)21-13-15-12-19(21)14-23(18(7,8)9)24(19)22(11-10-20-15)17(4,5)6/h10-14H2,1-9H3. The molecule has 0 amide bonds. The Morgan fingerprint density at radius 2 is 1.46 bits per heavy atom. The maximum Gasteiger partial charge on any atom is 0.0875 e. The maximum atomic E-state index is 5.00. The van der Waals surface area contributed by atoms with Crippen LogP contribution in [0.5, 0.6) is 0 Å². The quantitative estimate of drug-likeness (QED) is 0.611. The van der Waals surface area contributed by atoms with Gasteiger partial charge in [-0.3, -0.25) is 19.2 Å². The first kappa shape index (κ1) is 18.8. The highest BCUT2D eigenvalue weighted by Crippen LogP contribution is 2.73. The van der Waals surface area contributed by atoms with Crippen molar-refractivity contribution in [2.75, 3.05) is 26.2 Å². The van der Waals surface area contributed by atoms with Crippen LogP contribution in [0.2, 0.25) is 0 Å². The average Bonchev–Trinajstić information content (AvgIpc) is 2.74. The molecule has 3 rings (SSSR count). The van der Waals surface area contributed by atoms with E-state index in [9.17, 15) is 0 Å². The lowest BCUT2D eigenvalue weighted by molar-refractivity contribution is 0.0209. The van der Waals surface area contributed by atoms with E-state index in [0.29, 0.717) is 0 Å². The molecule has 3 heterocycles. The third-order valence-corrected chi connectivity index (χ3v) is 9.31. The highest BCUT2D eigenvalue weighted by Gasteiger charge is 2.66. The first-order valence-electron chi connectivity index (χ1n) is 9.42. The Labute approximate surface area is 150 Å². The third-order valence-electron chi connectivity index (χ3n) is 5.57. The lowest BCUT2D eigenvalue weighted by Gasteiger charge is -2.69. The molecule has 2 fully saturated rings. The van der Waals surface area contributed by atoms with Crippen molar-refractivity contribution in [1.29, 1.82) is 0 Å². The highest BCUT2D eigenvalue weighted by molar-refractivity contribution is 7.56. The zero-order chi connectivity index (χ0) is 18.1. The van der Waals surface area contributed by atoms with Gasteiger partial charge in [-0.05, 0) is 62.3 Å². The second kappa shape index (κ2) is 5.49. The van der Waals surface area contributed by atoms with E-state index in [1.807, 2.05) is 0 Å². The van der Waals surface area contributed by atoms with Gasteiger partial charge in [-0.25, -0.2) is 0 Å². The van der Waals surface area contributed by atoms with Crippen LogP contribution in [0.4, 0.5) is 0 Å². The topological polar surface area (TPSA) is 22.1 Å². The van der Waals surface area contributed by atoms with E-state index >= 15 is 0 Å². The highest BCUT2D eigenvalue weighted by atomic mass is 31.1. The molecule has 2 bridgehead atoms. The number of hydrogen-bond donors (Lipinski definition) is 0. The minimum Gasteiger partial charge on any atom is -0.291 e. The molecule has 1 spiro atoms. The van der Waals surface area contributed by atoms with Gasteiger partial charge in [-0.1, -0.05) is 0 Å². The number of fused-ring (bicyclic) bond motifs is 1. The number of rotatable bonds is 0. The van der Waals surface area contributed by atoms with Crippen LogP contribution in [0, 0.1) is 0 Å². The van der Waals surface area contributed by atoms with Gasteiger partial charge >= 0.3 is 0 Å². The number of aliphatic imine (C=N–C) groups is 1. The van der Waals surface area contributed by atoms with Gasteiger partial charge in [0, 0.05) is 48.4 Å². The fraction of sp³-hybridized carbons (Fsp3) is 0.947. The Balaban J connectivity index is 2.09. The summed E-state index contributed by atoms with van der Waals surface area (Å²) in [6.45, 7) is 25.7. The summed E-state index contributed by atoms with van der Waals surface area (Å²) < 4.78 is 5.59. The predicted molar refractivity (Wildman–Crippen MR) is 106 cm³/mol. The van der Waals surface area contributed by atoms with Crippen LogP contribution in [0.3, 0.4) is 0 Å². The molecular weight excluding hydrogens is 315 g/mol. The predicted octanol–water partition coefficient (Wildman–Crippen LogP) is 4.17. The average molecular weight is 353 g/mol. The SMILES string of the molecule is CC(C)(C)N1CCN=C2CN(C(C)(C)C)C3(C2)CN(C(C)(C)C)P13. The van der Waals surface area contributed by atoms with E-state index in [0.717, 1.165) is 19.6 Å². The van der Waals surface area contributed by atoms with Crippen LogP contribution >= 0.6 is 8.22 Å². The lowest BCUT2D eigenvalue weighted by atomic mass is 10.0. The molecule has 5 heteroatoms. The van der Waals surface area contributed by atoms with Crippen LogP contribution in [0.1, 0.15) is 68.7 Å². The van der Waals surface area contributed by atoms with Gasteiger partial charge in [0.15, 0.2) is 0 Å². The van der Waals surface area contributed by atoms with Crippen LogP contribution in [0.25, 0.3) is 0 Å². The Kier molecular flexibility index (Phi) is 4.29. The summed E-state index contributed by atoms with van der Waals surface area (Å²) in [5, 5.41) is 0.285. The van der Waals surface area contributed by atoms with Crippen LogP contribution in [-0.2, 0) is 0 Å². The van der Waals surface area contributed by atoms with E-state index in [1.54, 1.807) is 0 Å². The summed E-state index contributed by atoms with van der Waals surface area (Å²) in [5.41, 5.74) is 2.04. The smallest absolute Gasteiger partial charge is 0.0875 e. The lowest BCUT2D eigenvalue weighted by Crippen LogP contribution is -2.71. The molecule has 4 nitrogen and oxygen atoms in total. The van der Waals surface area contributed by atoms with Crippen molar-refractivity contribution in [3.05, 3.63) is 0 Å². The second-order valence-electron chi connectivity index (χ2n) is 10.7. The molecule has 138 valence electrons.